The molecule has 2 aliphatic heterocycles. The summed E-state index contributed by atoms with van der Waals surface area (Å²) in [6, 6.07) is 50.5. The Morgan fingerprint density at radius 1 is 0.426 bits per heavy atom. The van der Waals surface area contributed by atoms with Crippen LogP contribution in [0.15, 0.2) is 127 Å². The largest absolute Gasteiger partial charge is 0.311 e. The fourth-order valence-electron chi connectivity index (χ4n) is 13.5. The first-order valence-corrected chi connectivity index (χ1v) is 25.3. The van der Waals surface area contributed by atoms with E-state index in [1.165, 1.54) is 117 Å². The Labute approximate surface area is 408 Å². The molecule has 4 aliphatic rings. The Hall–Kier alpha value is -5.80. The van der Waals surface area contributed by atoms with Crippen molar-refractivity contribution in [1.82, 2.24) is 0 Å². The van der Waals surface area contributed by atoms with Gasteiger partial charge in [-0.3, -0.25) is 0 Å². The van der Waals surface area contributed by atoms with Gasteiger partial charge in [-0.25, -0.2) is 0 Å². The Morgan fingerprint density at radius 3 is 1.50 bits per heavy atom. The number of nitrogens with zero attached hydrogens (tertiary/aromatic N) is 2. The summed E-state index contributed by atoms with van der Waals surface area (Å²) in [6.07, 6.45) is 1.11. The molecule has 7 aromatic carbocycles. The molecule has 0 N–H and O–H groups in total. The fraction of sp³-hybridized carbons (Fsp3) is 0.354. The Bertz CT molecular complexity index is 3260. The van der Waals surface area contributed by atoms with Gasteiger partial charge in [0, 0.05) is 44.8 Å². The standard InChI is InChI=1S/C65H71BN2/c1-39-30-57-59-58(31-39)68(55-37-50-49(32-40(55)2)64(13,14)45-24-20-21-25-46(45)65(50,15)16)54-29-27-43(61(6,7)8)34-51(54)66(59)52-35-47-48(63(11,12)38-62(47,9)10)36-56(52)67(57)53-28-26-42(60(3,4)5)33-44(53)41-22-18-17-19-23-41/h17-37H,38H2,1-16H3. The predicted octanol–water partition coefficient (Wildman–Crippen LogP) is 15.6. The van der Waals surface area contributed by atoms with E-state index in [-0.39, 0.29) is 39.2 Å². The molecule has 0 radical (unpaired) electrons. The maximum absolute atomic E-state index is 2.69. The molecule has 11 rings (SSSR count). The molecule has 3 heteroatoms. The van der Waals surface area contributed by atoms with Gasteiger partial charge in [-0.05, 0) is 162 Å². The molecule has 2 nitrogen and oxygen atoms in total. The number of rotatable bonds is 3. The van der Waals surface area contributed by atoms with Crippen LogP contribution in [-0.4, -0.2) is 6.71 Å². The van der Waals surface area contributed by atoms with Gasteiger partial charge in [0.05, 0.1) is 5.69 Å². The summed E-state index contributed by atoms with van der Waals surface area (Å²) in [4.78, 5) is 5.36. The molecule has 0 fully saturated rings. The highest BCUT2D eigenvalue weighted by Crippen LogP contribution is 2.56. The molecule has 0 amide bonds. The van der Waals surface area contributed by atoms with Gasteiger partial charge in [-0.1, -0.05) is 182 Å². The summed E-state index contributed by atoms with van der Waals surface area (Å²) in [5.41, 5.74) is 27.9. The Balaban J connectivity index is 1.26. The third-order valence-corrected chi connectivity index (χ3v) is 16.9. The number of hydrogen-bond acceptors (Lipinski definition) is 2. The highest BCUT2D eigenvalue weighted by atomic mass is 15.2. The van der Waals surface area contributed by atoms with Crippen LogP contribution in [0.3, 0.4) is 0 Å². The number of aryl methyl sites for hydroxylation is 2. The van der Waals surface area contributed by atoms with E-state index in [0.717, 1.165) is 6.42 Å². The topological polar surface area (TPSA) is 6.48 Å². The zero-order valence-corrected chi connectivity index (χ0v) is 43.8. The fourth-order valence-corrected chi connectivity index (χ4v) is 13.5. The normalized spacial score (nSPS) is 17.7. The van der Waals surface area contributed by atoms with E-state index in [2.05, 4.69) is 248 Å². The third-order valence-electron chi connectivity index (χ3n) is 16.9. The SMILES string of the molecule is Cc1cc2c3c(c1)N(c1ccc(C(C)(C)C)cc1-c1ccccc1)c1cc4c(cc1B3c1cc(C(C)(C)C)ccc1N2c1cc2c(cc1C)C(C)(C)c1ccccc1C2(C)C)C(C)(C)CC4(C)C. The van der Waals surface area contributed by atoms with Crippen LogP contribution in [0.25, 0.3) is 11.1 Å². The second-order valence-corrected chi connectivity index (χ2v) is 25.6. The average Bonchev–Trinajstić information content (AvgIpc) is 3.45. The summed E-state index contributed by atoms with van der Waals surface area (Å²) >= 11 is 0. The van der Waals surface area contributed by atoms with Crippen molar-refractivity contribution in [3.63, 3.8) is 0 Å². The van der Waals surface area contributed by atoms with Crippen LogP contribution in [0.5, 0.6) is 0 Å². The monoisotopic (exact) mass is 891 g/mol. The first-order chi connectivity index (χ1) is 31.8. The van der Waals surface area contributed by atoms with Crippen LogP contribution in [0.1, 0.15) is 159 Å². The van der Waals surface area contributed by atoms with Gasteiger partial charge in [0.1, 0.15) is 0 Å². The maximum Gasteiger partial charge on any atom is 0.252 e. The van der Waals surface area contributed by atoms with Crippen LogP contribution in [-0.2, 0) is 32.5 Å². The van der Waals surface area contributed by atoms with Crippen molar-refractivity contribution in [2.24, 2.45) is 0 Å². The number of hydrogen-bond donors (Lipinski definition) is 0. The van der Waals surface area contributed by atoms with Gasteiger partial charge >= 0.3 is 0 Å². The molecular formula is C65H71BN2. The average molecular weight is 891 g/mol. The molecule has 0 unspecified atom stereocenters. The summed E-state index contributed by atoms with van der Waals surface area (Å²) in [6.45, 7) is 38.4. The van der Waals surface area contributed by atoms with Crippen molar-refractivity contribution < 1.29 is 0 Å². The first kappa shape index (κ1) is 44.7. The maximum atomic E-state index is 2.69. The van der Waals surface area contributed by atoms with Crippen molar-refractivity contribution >= 4 is 57.2 Å². The second kappa shape index (κ2) is 14.4. The van der Waals surface area contributed by atoms with E-state index in [1.807, 2.05) is 0 Å². The molecule has 0 bridgehead atoms. The molecule has 0 saturated heterocycles. The smallest absolute Gasteiger partial charge is 0.252 e. The minimum atomic E-state index is -0.184. The number of anilines is 6. The molecule has 0 spiro atoms. The molecule has 2 heterocycles. The molecule has 2 aliphatic carbocycles. The Kier molecular flexibility index (Phi) is 9.45. The molecule has 344 valence electrons. The van der Waals surface area contributed by atoms with Gasteiger partial charge in [-0.15, -0.1) is 0 Å². The zero-order chi connectivity index (χ0) is 48.4. The lowest BCUT2D eigenvalue weighted by Crippen LogP contribution is -2.62. The van der Waals surface area contributed by atoms with Crippen LogP contribution >= 0.6 is 0 Å². The Morgan fingerprint density at radius 2 is 0.912 bits per heavy atom. The highest BCUT2D eigenvalue weighted by molar-refractivity contribution is 7.00. The van der Waals surface area contributed by atoms with Gasteiger partial charge in [0.2, 0.25) is 0 Å². The van der Waals surface area contributed by atoms with Gasteiger partial charge in [0.25, 0.3) is 6.71 Å². The van der Waals surface area contributed by atoms with Crippen LogP contribution in [0.4, 0.5) is 34.1 Å². The number of benzene rings is 7. The molecular weight excluding hydrogens is 820 g/mol. The third kappa shape index (κ3) is 6.43. The molecule has 0 atom stereocenters. The van der Waals surface area contributed by atoms with Crippen molar-refractivity contribution in [3.8, 4) is 11.1 Å². The minimum Gasteiger partial charge on any atom is -0.311 e. The van der Waals surface area contributed by atoms with Crippen LogP contribution < -0.4 is 26.2 Å². The minimum absolute atomic E-state index is 0.0144. The van der Waals surface area contributed by atoms with E-state index in [0.29, 0.717) is 0 Å². The molecule has 68 heavy (non-hydrogen) atoms. The molecule has 7 aromatic rings. The van der Waals surface area contributed by atoms with Crippen molar-refractivity contribution in [1.29, 1.82) is 0 Å². The van der Waals surface area contributed by atoms with E-state index >= 15 is 0 Å². The van der Waals surface area contributed by atoms with Crippen molar-refractivity contribution in [3.05, 3.63) is 183 Å². The summed E-state index contributed by atoms with van der Waals surface area (Å²) in [5.74, 6) is 0. The van der Waals surface area contributed by atoms with Gasteiger partial charge < -0.3 is 9.80 Å². The molecule has 0 saturated carbocycles. The van der Waals surface area contributed by atoms with Crippen LogP contribution in [0, 0.1) is 13.8 Å². The quantitative estimate of drug-likeness (QED) is 0.163. The lowest BCUT2D eigenvalue weighted by molar-refractivity contribution is 0.403. The van der Waals surface area contributed by atoms with E-state index in [4.69, 9.17) is 0 Å². The lowest BCUT2D eigenvalue weighted by Gasteiger charge is -2.47. The van der Waals surface area contributed by atoms with Crippen LogP contribution in [0.2, 0.25) is 0 Å². The predicted molar refractivity (Wildman–Crippen MR) is 294 cm³/mol. The van der Waals surface area contributed by atoms with Crippen molar-refractivity contribution in [2.45, 2.75) is 150 Å². The van der Waals surface area contributed by atoms with E-state index in [1.54, 1.807) is 0 Å². The summed E-state index contributed by atoms with van der Waals surface area (Å²) < 4.78 is 0. The number of fused-ring (bicyclic) bond motifs is 7. The molecule has 0 aromatic heterocycles. The summed E-state index contributed by atoms with van der Waals surface area (Å²) in [5, 5.41) is 0. The first-order valence-electron chi connectivity index (χ1n) is 25.3. The van der Waals surface area contributed by atoms with Gasteiger partial charge in [0.15, 0.2) is 0 Å². The van der Waals surface area contributed by atoms with Crippen molar-refractivity contribution in [2.75, 3.05) is 9.80 Å². The lowest BCUT2D eigenvalue weighted by atomic mass is 9.33. The second-order valence-electron chi connectivity index (χ2n) is 25.6. The van der Waals surface area contributed by atoms with Gasteiger partial charge in [-0.2, -0.15) is 0 Å². The van der Waals surface area contributed by atoms with E-state index < -0.39 is 0 Å². The van der Waals surface area contributed by atoms with E-state index in [9.17, 15) is 0 Å². The zero-order valence-electron chi connectivity index (χ0n) is 43.8. The highest BCUT2D eigenvalue weighted by Gasteiger charge is 2.49. The summed E-state index contributed by atoms with van der Waals surface area (Å²) in [7, 11) is 0.